The summed E-state index contributed by atoms with van der Waals surface area (Å²) in [6.45, 7) is 1.31. The van der Waals surface area contributed by atoms with Crippen LogP contribution < -0.4 is 5.56 Å². The zero-order valence-electron chi connectivity index (χ0n) is 11.4. The topological polar surface area (TPSA) is 121 Å². The van der Waals surface area contributed by atoms with Crippen molar-refractivity contribution >= 4 is 11.0 Å². The third kappa shape index (κ3) is 2.36. The van der Waals surface area contributed by atoms with Gasteiger partial charge in [0.05, 0.1) is 18.1 Å². The van der Waals surface area contributed by atoms with Gasteiger partial charge < -0.3 is 29.6 Å². The van der Waals surface area contributed by atoms with Crippen molar-refractivity contribution in [3.8, 4) is 0 Å². The second kappa shape index (κ2) is 5.23. The number of rotatable bonds is 2. The lowest BCUT2D eigenvalue weighted by Gasteiger charge is -2.37. The molecule has 8 heteroatoms. The highest BCUT2D eigenvalue weighted by Crippen LogP contribution is 2.29. The molecule has 3 heterocycles. The van der Waals surface area contributed by atoms with Gasteiger partial charge in [-0.3, -0.25) is 4.79 Å². The number of hydrogen-bond acceptors (Lipinski definition) is 6. The fraction of sp³-hybridized carbons (Fsp3) is 0.538. The third-order valence-electron chi connectivity index (χ3n) is 3.71. The molecule has 2 aromatic heterocycles. The maximum absolute atomic E-state index is 11.9. The summed E-state index contributed by atoms with van der Waals surface area (Å²) in [6, 6.07) is 1.59. The van der Waals surface area contributed by atoms with Crippen LogP contribution in [0.5, 0.6) is 0 Å². The lowest BCUT2D eigenvalue weighted by molar-refractivity contribution is -0.205. The molecule has 21 heavy (non-hydrogen) atoms. The van der Waals surface area contributed by atoms with E-state index in [1.165, 1.54) is 0 Å². The fourth-order valence-corrected chi connectivity index (χ4v) is 2.65. The molecule has 1 unspecified atom stereocenters. The Labute approximate surface area is 119 Å². The van der Waals surface area contributed by atoms with E-state index >= 15 is 0 Å². The van der Waals surface area contributed by atoms with Crippen LogP contribution >= 0.6 is 0 Å². The minimum atomic E-state index is -0.959. The van der Waals surface area contributed by atoms with E-state index in [9.17, 15) is 20.1 Å². The molecule has 0 aromatic carbocycles. The summed E-state index contributed by atoms with van der Waals surface area (Å²) in [5, 5.41) is 29.5. The summed E-state index contributed by atoms with van der Waals surface area (Å²) in [4.78, 5) is 18.7. The number of fused-ring (bicyclic) bond motifs is 1. The fourth-order valence-electron chi connectivity index (χ4n) is 2.65. The van der Waals surface area contributed by atoms with Gasteiger partial charge in [-0.25, -0.2) is 4.98 Å². The SMILES string of the molecule is Cc1nc2c(ccn2[C@@H]2O[C@H](CO)C(O)C[C@@H]2O)c(=O)[nH]1. The van der Waals surface area contributed by atoms with Gasteiger partial charge in [0.1, 0.15) is 23.7 Å². The van der Waals surface area contributed by atoms with Crippen LogP contribution in [0.4, 0.5) is 0 Å². The van der Waals surface area contributed by atoms with Crippen molar-refractivity contribution in [1.29, 1.82) is 0 Å². The van der Waals surface area contributed by atoms with Gasteiger partial charge in [0, 0.05) is 12.6 Å². The molecule has 1 aliphatic heterocycles. The molecule has 1 fully saturated rings. The molecule has 1 aliphatic rings. The Bertz CT molecular complexity index is 709. The van der Waals surface area contributed by atoms with Crippen LogP contribution in [0.15, 0.2) is 17.1 Å². The van der Waals surface area contributed by atoms with Gasteiger partial charge in [0.2, 0.25) is 0 Å². The van der Waals surface area contributed by atoms with Gasteiger partial charge >= 0.3 is 0 Å². The van der Waals surface area contributed by atoms with Crippen molar-refractivity contribution in [2.45, 2.75) is 37.9 Å². The van der Waals surface area contributed by atoms with Crippen LogP contribution in [-0.2, 0) is 4.74 Å². The largest absolute Gasteiger partial charge is 0.394 e. The molecule has 0 saturated carbocycles. The lowest BCUT2D eigenvalue weighted by atomic mass is 10.0. The first-order valence-corrected chi connectivity index (χ1v) is 6.71. The third-order valence-corrected chi connectivity index (χ3v) is 3.71. The quantitative estimate of drug-likeness (QED) is 0.566. The van der Waals surface area contributed by atoms with Gasteiger partial charge in [0.25, 0.3) is 5.56 Å². The number of aliphatic hydroxyl groups is 3. The van der Waals surface area contributed by atoms with Gasteiger partial charge in [-0.05, 0) is 13.0 Å². The Balaban J connectivity index is 2.05. The molecule has 8 nitrogen and oxygen atoms in total. The number of nitrogens with one attached hydrogen (secondary N) is 1. The highest BCUT2D eigenvalue weighted by molar-refractivity contribution is 5.75. The number of aryl methyl sites for hydroxylation is 1. The van der Waals surface area contributed by atoms with Crippen LogP contribution in [0, 0.1) is 6.92 Å². The van der Waals surface area contributed by atoms with Gasteiger partial charge in [-0.1, -0.05) is 0 Å². The Morgan fingerprint density at radius 1 is 1.48 bits per heavy atom. The molecule has 0 spiro atoms. The first kappa shape index (κ1) is 14.2. The van der Waals surface area contributed by atoms with Crippen molar-refractivity contribution < 1.29 is 20.1 Å². The summed E-state index contributed by atoms with van der Waals surface area (Å²) < 4.78 is 7.11. The average molecular weight is 295 g/mol. The first-order valence-electron chi connectivity index (χ1n) is 6.71. The van der Waals surface area contributed by atoms with Crippen LogP contribution in [0.25, 0.3) is 11.0 Å². The van der Waals surface area contributed by atoms with E-state index in [-0.39, 0.29) is 18.6 Å². The van der Waals surface area contributed by atoms with E-state index in [2.05, 4.69) is 9.97 Å². The Kier molecular flexibility index (Phi) is 3.54. The van der Waals surface area contributed by atoms with Crippen molar-refractivity contribution in [2.24, 2.45) is 0 Å². The monoisotopic (exact) mass is 295 g/mol. The predicted molar refractivity (Wildman–Crippen MR) is 72.7 cm³/mol. The number of hydrogen-bond donors (Lipinski definition) is 4. The summed E-state index contributed by atoms with van der Waals surface area (Å²) >= 11 is 0. The molecule has 0 bridgehead atoms. The van der Waals surface area contributed by atoms with E-state index in [4.69, 9.17) is 4.74 Å². The van der Waals surface area contributed by atoms with Crippen LogP contribution in [0.1, 0.15) is 18.5 Å². The molecule has 0 aliphatic carbocycles. The van der Waals surface area contributed by atoms with E-state index in [1.807, 2.05) is 0 Å². The van der Waals surface area contributed by atoms with Crippen LogP contribution in [0.3, 0.4) is 0 Å². The van der Waals surface area contributed by atoms with Crippen LogP contribution in [-0.4, -0.2) is 54.8 Å². The van der Waals surface area contributed by atoms with E-state index in [0.717, 1.165) is 0 Å². The Hall–Kier alpha value is -1.74. The van der Waals surface area contributed by atoms with Crippen LogP contribution in [0.2, 0.25) is 0 Å². The smallest absolute Gasteiger partial charge is 0.260 e. The number of aromatic nitrogens is 3. The van der Waals surface area contributed by atoms with Crippen molar-refractivity contribution in [3.63, 3.8) is 0 Å². The van der Waals surface area contributed by atoms with Gasteiger partial charge in [0.15, 0.2) is 6.23 Å². The van der Waals surface area contributed by atoms with E-state index in [0.29, 0.717) is 16.9 Å². The highest BCUT2D eigenvalue weighted by Gasteiger charge is 2.37. The number of aromatic amines is 1. The van der Waals surface area contributed by atoms with Crippen molar-refractivity contribution in [2.75, 3.05) is 6.61 Å². The molecule has 0 amide bonds. The van der Waals surface area contributed by atoms with E-state index in [1.54, 1.807) is 23.8 Å². The molecular weight excluding hydrogens is 278 g/mol. The molecule has 3 rings (SSSR count). The summed E-state index contributed by atoms with van der Waals surface area (Å²) in [5.74, 6) is 0.455. The number of nitrogens with zero attached hydrogens (tertiary/aromatic N) is 2. The van der Waals surface area contributed by atoms with Crippen molar-refractivity contribution in [1.82, 2.24) is 14.5 Å². The Morgan fingerprint density at radius 2 is 2.24 bits per heavy atom. The molecule has 4 atom stereocenters. The normalized spacial score (nSPS) is 29.9. The second-order valence-corrected chi connectivity index (χ2v) is 5.23. The first-order chi connectivity index (χ1) is 10.0. The summed E-state index contributed by atoms with van der Waals surface area (Å²) in [7, 11) is 0. The molecule has 0 radical (unpaired) electrons. The van der Waals surface area contributed by atoms with Crippen molar-refractivity contribution in [3.05, 3.63) is 28.4 Å². The molecule has 1 saturated heterocycles. The Morgan fingerprint density at radius 3 is 2.95 bits per heavy atom. The summed E-state index contributed by atoms with van der Waals surface area (Å²) in [5.41, 5.74) is 0.133. The van der Waals surface area contributed by atoms with Gasteiger partial charge in [-0.2, -0.15) is 0 Å². The number of ether oxygens (including phenoxy) is 1. The molecule has 4 N–H and O–H groups in total. The lowest BCUT2D eigenvalue weighted by Crippen LogP contribution is -2.46. The molecular formula is C13H17N3O5. The number of aliphatic hydroxyl groups excluding tert-OH is 3. The molecule has 2 aromatic rings. The van der Waals surface area contributed by atoms with E-state index < -0.39 is 24.5 Å². The highest BCUT2D eigenvalue weighted by atomic mass is 16.5. The second-order valence-electron chi connectivity index (χ2n) is 5.23. The number of H-pyrrole nitrogens is 1. The maximum Gasteiger partial charge on any atom is 0.260 e. The average Bonchev–Trinajstić information content (AvgIpc) is 2.83. The zero-order chi connectivity index (χ0) is 15.1. The standard InChI is InChI=1S/C13H17N3O5/c1-6-14-11-7(12(20)15-6)2-3-16(11)13-9(19)4-8(18)10(5-17)21-13/h2-3,8-10,13,17-19H,4-5H2,1H3,(H,14,15,20)/t8?,9-,10+,13+/m0/s1. The minimum Gasteiger partial charge on any atom is -0.394 e. The molecule has 114 valence electrons. The zero-order valence-corrected chi connectivity index (χ0v) is 11.4. The minimum absolute atomic E-state index is 0.0811. The van der Waals surface area contributed by atoms with Gasteiger partial charge in [-0.15, -0.1) is 0 Å². The maximum atomic E-state index is 11.9. The summed E-state index contributed by atoms with van der Waals surface area (Å²) in [6.07, 6.45) is -1.79. The predicted octanol–water partition coefficient (Wildman–Crippen LogP) is -0.965.